The monoisotopic (exact) mass is 266 g/mol. The molecule has 0 aliphatic carbocycles. The predicted molar refractivity (Wildman–Crippen MR) is 78.7 cm³/mol. The first-order valence-electron chi connectivity index (χ1n) is 6.86. The van der Waals surface area contributed by atoms with Crippen LogP contribution in [-0.2, 0) is 11.3 Å². The Hall–Kier alpha value is -1.10. The SMILES string of the molecule is CCOc1ccc(CN(C)CCNCCOC)cc1. The van der Waals surface area contributed by atoms with Crippen molar-refractivity contribution >= 4 is 0 Å². The van der Waals surface area contributed by atoms with Crippen molar-refractivity contribution in [2.45, 2.75) is 13.5 Å². The Morgan fingerprint density at radius 3 is 2.53 bits per heavy atom. The van der Waals surface area contributed by atoms with Gasteiger partial charge in [0.15, 0.2) is 0 Å². The molecule has 0 fully saturated rings. The highest BCUT2D eigenvalue weighted by Crippen LogP contribution is 2.12. The zero-order chi connectivity index (χ0) is 13.9. The lowest BCUT2D eigenvalue weighted by atomic mass is 10.2. The third-order valence-electron chi connectivity index (χ3n) is 2.84. The van der Waals surface area contributed by atoms with Gasteiger partial charge in [-0.2, -0.15) is 0 Å². The minimum atomic E-state index is 0.715. The maximum atomic E-state index is 5.43. The third kappa shape index (κ3) is 7.15. The van der Waals surface area contributed by atoms with Crippen LogP contribution < -0.4 is 10.1 Å². The van der Waals surface area contributed by atoms with Crippen molar-refractivity contribution in [2.75, 3.05) is 47.0 Å². The fourth-order valence-electron chi connectivity index (χ4n) is 1.82. The number of hydrogen-bond acceptors (Lipinski definition) is 4. The fraction of sp³-hybridized carbons (Fsp3) is 0.600. The molecule has 0 bridgehead atoms. The zero-order valence-corrected chi connectivity index (χ0v) is 12.3. The van der Waals surface area contributed by atoms with Gasteiger partial charge in [-0.15, -0.1) is 0 Å². The summed E-state index contributed by atoms with van der Waals surface area (Å²) in [4.78, 5) is 2.30. The molecule has 0 amide bonds. The maximum absolute atomic E-state index is 5.43. The molecule has 1 aromatic carbocycles. The molecule has 0 spiro atoms. The summed E-state index contributed by atoms with van der Waals surface area (Å²) in [5, 5.41) is 3.34. The van der Waals surface area contributed by atoms with Crippen LogP contribution in [0.5, 0.6) is 5.75 Å². The summed E-state index contributed by atoms with van der Waals surface area (Å²) < 4.78 is 10.4. The van der Waals surface area contributed by atoms with Gasteiger partial charge in [0.2, 0.25) is 0 Å². The molecule has 0 saturated carbocycles. The molecule has 0 atom stereocenters. The number of ether oxygens (including phenoxy) is 2. The van der Waals surface area contributed by atoms with Gasteiger partial charge in [-0.1, -0.05) is 12.1 Å². The molecular weight excluding hydrogens is 240 g/mol. The first-order chi connectivity index (χ1) is 9.26. The van der Waals surface area contributed by atoms with Crippen molar-refractivity contribution < 1.29 is 9.47 Å². The lowest BCUT2D eigenvalue weighted by molar-refractivity contribution is 0.197. The molecule has 0 heterocycles. The van der Waals surface area contributed by atoms with Gasteiger partial charge in [0.1, 0.15) is 5.75 Å². The summed E-state index contributed by atoms with van der Waals surface area (Å²) in [5.74, 6) is 0.940. The van der Waals surface area contributed by atoms with Crippen molar-refractivity contribution in [2.24, 2.45) is 0 Å². The standard InChI is InChI=1S/C15H26N2O2/c1-4-19-15-7-5-14(6-8-15)13-17(2)11-9-16-10-12-18-3/h5-8,16H,4,9-13H2,1-3H3. The van der Waals surface area contributed by atoms with E-state index in [0.717, 1.165) is 38.5 Å². The maximum Gasteiger partial charge on any atom is 0.119 e. The molecule has 0 unspecified atom stereocenters. The highest BCUT2D eigenvalue weighted by atomic mass is 16.5. The van der Waals surface area contributed by atoms with Gasteiger partial charge in [-0.05, 0) is 31.7 Å². The van der Waals surface area contributed by atoms with E-state index in [4.69, 9.17) is 9.47 Å². The van der Waals surface area contributed by atoms with Gasteiger partial charge < -0.3 is 19.7 Å². The second kappa shape index (κ2) is 9.78. The van der Waals surface area contributed by atoms with Gasteiger partial charge in [0.25, 0.3) is 0 Å². The van der Waals surface area contributed by atoms with Crippen molar-refractivity contribution in [1.82, 2.24) is 10.2 Å². The van der Waals surface area contributed by atoms with Gasteiger partial charge in [0, 0.05) is 33.3 Å². The second-order valence-corrected chi connectivity index (χ2v) is 4.56. The van der Waals surface area contributed by atoms with E-state index in [1.54, 1.807) is 7.11 Å². The molecular formula is C15H26N2O2. The lowest BCUT2D eigenvalue weighted by Gasteiger charge is -2.17. The molecule has 0 saturated heterocycles. The molecule has 0 aliphatic heterocycles. The van der Waals surface area contributed by atoms with E-state index in [0.29, 0.717) is 6.61 Å². The predicted octanol–water partition coefficient (Wildman–Crippen LogP) is 1.75. The van der Waals surface area contributed by atoms with Crippen molar-refractivity contribution in [3.05, 3.63) is 29.8 Å². The Morgan fingerprint density at radius 2 is 1.89 bits per heavy atom. The lowest BCUT2D eigenvalue weighted by Crippen LogP contribution is -2.30. The number of nitrogens with one attached hydrogen (secondary N) is 1. The molecule has 0 aromatic heterocycles. The van der Waals surface area contributed by atoms with Crippen LogP contribution in [-0.4, -0.2) is 51.9 Å². The molecule has 1 aromatic rings. The van der Waals surface area contributed by atoms with Gasteiger partial charge in [0.05, 0.1) is 13.2 Å². The Balaban J connectivity index is 2.22. The van der Waals surface area contributed by atoms with Gasteiger partial charge in [-0.3, -0.25) is 0 Å². The fourth-order valence-corrected chi connectivity index (χ4v) is 1.82. The molecule has 0 aliphatic rings. The molecule has 4 heteroatoms. The van der Waals surface area contributed by atoms with Crippen LogP contribution >= 0.6 is 0 Å². The van der Waals surface area contributed by atoms with Crippen molar-refractivity contribution in [3.63, 3.8) is 0 Å². The van der Waals surface area contributed by atoms with E-state index >= 15 is 0 Å². The molecule has 1 N–H and O–H groups in total. The third-order valence-corrected chi connectivity index (χ3v) is 2.84. The Morgan fingerprint density at radius 1 is 1.16 bits per heavy atom. The van der Waals surface area contributed by atoms with Crippen molar-refractivity contribution in [1.29, 1.82) is 0 Å². The van der Waals surface area contributed by atoms with E-state index in [1.807, 2.05) is 19.1 Å². The van der Waals surface area contributed by atoms with E-state index in [2.05, 4.69) is 29.4 Å². The van der Waals surface area contributed by atoms with Crippen LogP contribution in [0.1, 0.15) is 12.5 Å². The highest BCUT2D eigenvalue weighted by molar-refractivity contribution is 5.27. The Kier molecular flexibility index (Phi) is 8.21. The van der Waals surface area contributed by atoms with Crippen LogP contribution in [0.2, 0.25) is 0 Å². The van der Waals surface area contributed by atoms with E-state index in [-0.39, 0.29) is 0 Å². The van der Waals surface area contributed by atoms with Gasteiger partial charge >= 0.3 is 0 Å². The Labute approximate surface area is 116 Å². The van der Waals surface area contributed by atoms with Crippen LogP contribution in [0.15, 0.2) is 24.3 Å². The largest absolute Gasteiger partial charge is 0.494 e. The topological polar surface area (TPSA) is 33.7 Å². The molecule has 4 nitrogen and oxygen atoms in total. The normalized spacial score (nSPS) is 10.9. The summed E-state index contributed by atoms with van der Waals surface area (Å²) in [6.07, 6.45) is 0. The van der Waals surface area contributed by atoms with Crippen LogP contribution in [0, 0.1) is 0 Å². The highest BCUT2D eigenvalue weighted by Gasteiger charge is 2.00. The van der Waals surface area contributed by atoms with E-state index in [1.165, 1.54) is 5.56 Å². The minimum absolute atomic E-state index is 0.715. The van der Waals surface area contributed by atoms with E-state index < -0.39 is 0 Å². The Bertz CT molecular complexity index is 327. The minimum Gasteiger partial charge on any atom is -0.494 e. The molecule has 19 heavy (non-hydrogen) atoms. The first kappa shape index (κ1) is 16.0. The summed E-state index contributed by atoms with van der Waals surface area (Å²) in [5.41, 5.74) is 1.31. The average Bonchev–Trinajstić information content (AvgIpc) is 2.41. The molecule has 108 valence electrons. The zero-order valence-electron chi connectivity index (χ0n) is 12.3. The summed E-state index contributed by atoms with van der Waals surface area (Å²) >= 11 is 0. The summed E-state index contributed by atoms with van der Waals surface area (Å²) in [6.45, 7) is 7.35. The first-order valence-corrected chi connectivity index (χ1v) is 6.86. The summed E-state index contributed by atoms with van der Waals surface area (Å²) in [7, 11) is 3.86. The number of methoxy groups -OCH3 is 1. The van der Waals surface area contributed by atoms with Crippen LogP contribution in [0.4, 0.5) is 0 Å². The smallest absolute Gasteiger partial charge is 0.119 e. The number of likely N-dealkylation sites (N-methyl/N-ethyl adjacent to an activating group) is 1. The molecule has 0 radical (unpaired) electrons. The quantitative estimate of drug-likeness (QED) is 0.654. The number of nitrogens with zero attached hydrogens (tertiary/aromatic N) is 1. The second-order valence-electron chi connectivity index (χ2n) is 4.56. The summed E-state index contributed by atoms with van der Waals surface area (Å²) in [6, 6.07) is 8.31. The number of benzene rings is 1. The van der Waals surface area contributed by atoms with E-state index in [9.17, 15) is 0 Å². The van der Waals surface area contributed by atoms with Crippen LogP contribution in [0.3, 0.4) is 0 Å². The number of rotatable bonds is 10. The van der Waals surface area contributed by atoms with Gasteiger partial charge in [-0.25, -0.2) is 0 Å². The average molecular weight is 266 g/mol. The number of hydrogen-bond donors (Lipinski definition) is 1. The van der Waals surface area contributed by atoms with Crippen molar-refractivity contribution in [3.8, 4) is 5.75 Å². The van der Waals surface area contributed by atoms with Crippen LogP contribution in [0.25, 0.3) is 0 Å². The molecule has 1 rings (SSSR count).